The molecule has 0 bridgehead atoms. The molecule has 7 heterocycles. The Bertz CT molecular complexity index is 1690. The highest BCUT2D eigenvalue weighted by molar-refractivity contribution is 7.21. The average Bonchev–Trinajstić information content (AvgIpc) is 3.63. The van der Waals surface area contributed by atoms with E-state index in [1.54, 1.807) is 16.8 Å². The number of nitrogens with one attached hydrogen (secondary N) is 2. The Morgan fingerprint density at radius 1 is 1.26 bits per heavy atom. The Morgan fingerprint density at radius 3 is 3.03 bits per heavy atom. The second-order valence-corrected chi connectivity index (χ2v) is 10.5. The molecular formula is C24H24N8O2S. The van der Waals surface area contributed by atoms with Crippen molar-refractivity contribution in [2.45, 2.75) is 38.3 Å². The van der Waals surface area contributed by atoms with Gasteiger partial charge in [-0.05, 0) is 45.3 Å². The molecule has 1 saturated heterocycles. The van der Waals surface area contributed by atoms with Crippen LogP contribution in [0.15, 0.2) is 29.5 Å². The standard InChI is InChI=1S/C24H24N8O2S/c1-30-6-2-4-14(30)10-26-22(33)13-8-16-20(25-9-13)21-19(23(34)28-16)24-32(29-21)12-18(35-24)15-11-27-31-7-3-5-17(15)31/h8-9,11-12,14H,2-7,10H2,1H3,(H,26,33)(H,28,34). The zero-order chi connectivity index (χ0) is 23.7. The zero-order valence-corrected chi connectivity index (χ0v) is 20.1. The normalized spacial score (nSPS) is 18.3. The number of pyridine rings is 2. The van der Waals surface area contributed by atoms with Crippen molar-refractivity contribution >= 4 is 44.0 Å². The van der Waals surface area contributed by atoms with E-state index in [2.05, 4.69) is 37.0 Å². The van der Waals surface area contributed by atoms with Crippen LogP contribution in [0.1, 0.15) is 35.3 Å². The highest BCUT2D eigenvalue weighted by Gasteiger charge is 2.23. The first kappa shape index (κ1) is 20.8. The van der Waals surface area contributed by atoms with Gasteiger partial charge in [-0.1, -0.05) is 0 Å². The molecule has 5 aromatic rings. The van der Waals surface area contributed by atoms with Gasteiger partial charge in [0.15, 0.2) is 0 Å². The number of carbonyl (C=O) groups excluding carboxylic acids is 1. The Morgan fingerprint density at radius 2 is 2.17 bits per heavy atom. The molecule has 178 valence electrons. The van der Waals surface area contributed by atoms with Gasteiger partial charge in [0.05, 0.1) is 22.2 Å². The third-order valence-corrected chi connectivity index (χ3v) is 8.46. The van der Waals surface area contributed by atoms with Gasteiger partial charge in [0.25, 0.3) is 11.5 Å². The van der Waals surface area contributed by atoms with E-state index < -0.39 is 0 Å². The maximum Gasteiger partial charge on any atom is 0.261 e. The first-order chi connectivity index (χ1) is 17.1. The van der Waals surface area contributed by atoms with Crippen LogP contribution in [0.4, 0.5) is 0 Å². The van der Waals surface area contributed by atoms with Gasteiger partial charge in [-0.2, -0.15) is 10.2 Å². The van der Waals surface area contributed by atoms with E-state index in [1.165, 1.54) is 17.0 Å². The lowest BCUT2D eigenvalue weighted by atomic mass is 10.2. The highest BCUT2D eigenvalue weighted by Crippen LogP contribution is 2.36. The largest absolute Gasteiger partial charge is 0.350 e. The molecule has 2 aliphatic heterocycles. The van der Waals surface area contributed by atoms with Crippen molar-refractivity contribution in [2.75, 3.05) is 20.1 Å². The molecule has 0 spiro atoms. The van der Waals surface area contributed by atoms with Crippen molar-refractivity contribution in [1.29, 1.82) is 0 Å². The van der Waals surface area contributed by atoms with E-state index in [9.17, 15) is 9.59 Å². The van der Waals surface area contributed by atoms with Crippen molar-refractivity contribution in [2.24, 2.45) is 0 Å². The summed E-state index contributed by atoms with van der Waals surface area (Å²) in [6.07, 6.45) is 9.78. The van der Waals surface area contributed by atoms with E-state index in [4.69, 9.17) is 5.10 Å². The summed E-state index contributed by atoms with van der Waals surface area (Å²) in [7, 11) is 2.08. The molecule has 1 atom stereocenters. The lowest BCUT2D eigenvalue weighted by molar-refractivity contribution is 0.0943. The number of likely N-dealkylation sites (tertiary alicyclic amines) is 1. The maximum absolute atomic E-state index is 13.1. The molecule has 1 fully saturated rings. The molecule has 2 N–H and O–H groups in total. The number of H-pyrrole nitrogens is 1. The van der Waals surface area contributed by atoms with Gasteiger partial charge in [0, 0.05) is 42.8 Å². The number of aryl methyl sites for hydroxylation is 1. The fraction of sp³-hybridized carbons (Fsp3) is 0.375. The van der Waals surface area contributed by atoms with Gasteiger partial charge in [-0.15, -0.1) is 11.3 Å². The minimum Gasteiger partial charge on any atom is -0.350 e. The van der Waals surface area contributed by atoms with Gasteiger partial charge in [0.2, 0.25) is 0 Å². The summed E-state index contributed by atoms with van der Waals surface area (Å²) in [6, 6.07) is 2.05. The number of rotatable bonds is 4. The highest BCUT2D eigenvalue weighted by atomic mass is 32.1. The molecule has 35 heavy (non-hydrogen) atoms. The number of nitrogens with zero attached hydrogens (tertiary/aromatic N) is 6. The van der Waals surface area contributed by atoms with Crippen LogP contribution in [0.3, 0.4) is 0 Å². The van der Waals surface area contributed by atoms with Gasteiger partial charge >= 0.3 is 0 Å². The van der Waals surface area contributed by atoms with Gasteiger partial charge in [0.1, 0.15) is 21.3 Å². The summed E-state index contributed by atoms with van der Waals surface area (Å²) in [6.45, 7) is 2.61. The number of hydrogen-bond acceptors (Lipinski definition) is 7. The molecule has 1 amide bonds. The quantitative estimate of drug-likeness (QED) is 0.402. The molecule has 0 aliphatic carbocycles. The predicted octanol–water partition coefficient (Wildman–Crippen LogP) is 2.42. The first-order valence-electron chi connectivity index (χ1n) is 11.9. The summed E-state index contributed by atoms with van der Waals surface area (Å²) in [4.78, 5) is 37.4. The smallest absolute Gasteiger partial charge is 0.261 e. The van der Waals surface area contributed by atoms with E-state index in [-0.39, 0.29) is 11.5 Å². The minimum atomic E-state index is -0.233. The third-order valence-electron chi connectivity index (χ3n) is 7.33. The van der Waals surface area contributed by atoms with Crippen LogP contribution in [-0.2, 0) is 13.0 Å². The maximum atomic E-state index is 13.1. The van der Waals surface area contributed by atoms with Crippen LogP contribution < -0.4 is 10.9 Å². The number of fused-ring (bicyclic) bond motifs is 6. The van der Waals surface area contributed by atoms with E-state index in [0.717, 1.165) is 54.0 Å². The lowest BCUT2D eigenvalue weighted by Gasteiger charge is -2.19. The van der Waals surface area contributed by atoms with Gasteiger partial charge < -0.3 is 15.2 Å². The number of hydrogen-bond donors (Lipinski definition) is 2. The van der Waals surface area contributed by atoms with E-state index >= 15 is 0 Å². The SMILES string of the molecule is CN1CCCC1CNC(=O)c1cnc2c(c1)[nH]c(=O)c1c2nn2cc(-c3cnn4c3CCC4)sc12. The summed E-state index contributed by atoms with van der Waals surface area (Å²) in [5.74, 6) is -0.190. The van der Waals surface area contributed by atoms with Crippen LogP contribution in [-0.4, -0.2) is 66.3 Å². The van der Waals surface area contributed by atoms with Crippen molar-refractivity contribution in [3.05, 3.63) is 46.3 Å². The first-order valence-corrected chi connectivity index (χ1v) is 12.8. The Labute approximate surface area is 203 Å². The molecule has 0 radical (unpaired) electrons. The Hall–Kier alpha value is -3.57. The van der Waals surface area contributed by atoms with E-state index in [1.807, 2.05) is 12.4 Å². The van der Waals surface area contributed by atoms with Gasteiger partial charge in [-0.3, -0.25) is 19.3 Å². The number of thiazole rings is 1. The summed E-state index contributed by atoms with van der Waals surface area (Å²) in [5, 5.41) is 12.7. The summed E-state index contributed by atoms with van der Waals surface area (Å²) < 4.78 is 3.82. The summed E-state index contributed by atoms with van der Waals surface area (Å²) in [5.41, 5.74) is 4.17. The monoisotopic (exact) mass is 488 g/mol. The minimum absolute atomic E-state index is 0.190. The molecule has 1 unspecified atom stereocenters. The number of likely N-dealkylation sites (N-methyl/N-ethyl adjacent to an activating group) is 1. The lowest BCUT2D eigenvalue weighted by Crippen LogP contribution is -2.38. The van der Waals surface area contributed by atoms with Crippen LogP contribution in [0.25, 0.3) is 37.2 Å². The predicted molar refractivity (Wildman–Crippen MR) is 134 cm³/mol. The molecule has 11 heteroatoms. The third kappa shape index (κ3) is 3.22. The average molecular weight is 489 g/mol. The number of carbonyl (C=O) groups is 1. The fourth-order valence-corrected chi connectivity index (χ4v) is 6.54. The number of aromatic nitrogens is 6. The van der Waals surface area contributed by atoms with Gasteiger partial charge in [-0.25, -0.2) is 4.52 Å². The van der Waals surface area contributed by atoms with Crippen LogP contribution in [0.2, 0.25) is 0 Å². The Kier molecular flexibility index (Phi) is 4.58. The van der Waals surface area contributed by atoms with Crippen LogP contribution in [0.5, 0.6) is 0 Å². The Balaban J connectivity index is 1.25. The van der Waals surface area contributed by atoms with Crippen molar-refractivity contribution < 1.29 is 4.79 Å². The number of amides is 1. The molecular weight excluding hydrogens is 464 g/mol. The number of aromatic amines is 1. The van der Waals surface area contributed by atoms with Crippen molar-refractivity contribution in [1.82, 2.24) is 39.6 Å². The van der Waals surface area contributed by atoms with Crippen LogP contribution in [0, 0.1) is 0 Å². The zero-order valence-electron chi connectivity index (χ0n) is 19.2. The van der Waals surface area contributed by atoms with Crippen molar-refractivity contribution in [3.8, 4) is 10.4 Å². The second-order valence-electron chi connectivity index (χ2n) is 9.46. The fourth-order valence-electron chi connectivity index (χ4n) is 5.42. The van der Waals surface area contributed by atoms with Crippen molar-refractivity contribution in [3.63, 3.8) is 0 Å². The molecule has 10 nitrogen and oxygen atoms in total. The topological polar surface area (TPSA) is 113 Å². The molecule has 7 rings (SSSR count). The molecule has 2 aliphatic rings. The summed E-state index contributed by atoms with van der Waals surface area (Å²) >= 11 is 1.54. The molecule has 0 saturated carbocycles. The molecule has 0 aromatic carbocycles. The van der Waals surface area contributed by atoms with E-state index in [0.29, 0.717) is 40.1 Å². The molecule has 5 aromatic heterocycles. The van der Waals surface area contributed by atoms with Crippen LogP contribution >= 0.6 is 11.3 Å². The second kappa shape index (κ2) is 7.72.